The minimum absolute atomic E-state index is 0.0442. The lowest BCUT2D eigenvalue weighted by Crippen LogP contribution is -2.44. The number of carbonyl (C=O) groups is 2. The maximum Gasteiger partial charge on any atom is 0.272 e. The average Bonchev–Trinajstić information content (AvgIpc) is 3.61. The molecule has 1 N–H and O–H groups in total. The number of aromatic nitrogens is 4. The maximum atomic E-state index is 13.4. The number of likely N-dealkylation sites (tertiary alicyclic amines) is 2. The Morgan fingerprint density at radius 1 is 0.829 bits per heavy atom. The summed E-state index contributed by atoms with van der Waals surface area (Å²) in [6.45, 7) is 2.92. The highest BCUT2D eigenvalue weighted by atomic mass is 16.5. The number of rotatable bonds is 3. The molecule has 0 radical (unpaired) electrons. The monoisotopic (exact) mass is 468 g/mol. The van der Waals surface area contributed by atoms with E-state index in [0.717, 1.165) is 29.5 Å². The Morgan fingerprint density at radius 2 is 1.49 bits per heavy atom. The molecule has 3 fully saturated rings. The van der Waals surface area contributed by atoms with Crippen LogP contribution in [0.25, 0.3) is 21.9 Å². The molecule has 7 rings (SSSR count). The summed E-state index contributed by atoms with van der Waals surface area (Å²) in [7, 11) is 1.62. The standard InChI is InChI=1S/C26H24N6O3/c1-35-24-9-23(27-20-5-3-2-4-15(20)24)26(34)32-12-18-16-10-31(11-17(16)19(18)13-32)25(33)14-6-7-21-22(8-14)29-30-28-21/h2-9,16-19H,10-13H2,1H3,(H,28,29,30)/t16-,17+,18+,19-. The van der Waals surface area contributed by atoms with Crippen LogP contribution in [0.4, 0.5) is 0 Å². The van der Waals surface area contributed by atoms with Crippen molar-refractivity contribution in [3.63, 3.8) is 0 Å². The van der Waals surface area contributed by atoms with E-state index in [9.17, 15) is 9.59 Å². The van der Waals surface area contributed by atoms with Crippen molar-refractivity contribution in [2.45, 2.75) is 0 Å². The second-order valence-corrected chi connectivity index (χ2v) is 9.83. The lowest BCUT2D eigenvalue weighted by atomic mass is 9.60. The van der Waals surface area contributed by atoms with Gasteiger partial charge in [-0.3, -0.25) is 9.59 Å². The number of aromatic amines is 1. The molecule has 0 bridgehead atoms. The van der Waals surface area contributed by atoms with Gasteiger partial charge in [0.05, 0.1) is 12.6 Å². The Morgan fingerprint density at radius 3 is 2.20 bits per heavy atom. The summed E-state index contributed by atoms with van der Waals surface area (Å²) in [4.78, 5) is 35.1. The van der Waals surface area contributed by atoms with Gasteiger partial charge in [0.1, 0.15) is 22.5 Å². The quantitative estimate of drug-likeness (QED) is 0.496. The van der Waals surface area contributed by atoms with E-state index in [1.165, 1.54) is 0 Å². The van der Waals surface area contributed by atoms with Gasteiger partial charge in [0.25, 0.3) is 11.8 Å². The van der Waals surface area contributed by atoms with Gasteiger partial charge < -0.3 is 14.5 Å². The van der Waals surface area contributed by atoms with Gasteiger partial charge in [0, 0.05) is 43.2 Å². The van der Waals surface area contributed by atoms with Crippen molar-refractivity contribution in [2.24, 2.45) is 23.7 Å². The maximum absolute atomic E-state index is 13.4. The lowest BCUT2D eigenvalue weighted by Gasteiger charge is -2.42. The number of methoxy groups -OCH3 is 1. The van der Waals surface area contributed by atoms with Crippen molar-refractivity contribution in [1.82, 2.24) is 30.2 Å². The van der Waals surface area contributed by atoms with Crippen molar-refractivity contribution in [1.29, 1.82) is 0 Å². The van der Waals surface area contributed by atoms with Crippen molar-refractivity contribution in [3.05, 3.63) is 59.8 Å². The van der Waals surface area contributed by atoms with Gasteiger partial charge in [-0.05, 0) is 54.0 Å². The van der Waals surface area contributed by atoms with Gasteiger partial charge in [-0.25, -0.2) is 4.98 Å². The number of hydrogen-bond donors (Lipinski definition) is 1. The summed E-state index contributed by atoms with van der Waals surface area (Å²) in [6, 6.07) is 14.9. The molecule has 4 heterocycles. The first-order valence-electron chi connectivity index (χ1n) is 11.9. The molecule has 2 aliphatic heterocycles. The minimum Gasteiger partial charge on any atom is -0.496 e. The highest BCUT2D eigenvalue weighted by Gasteiger charge is 2.59. The van der Waals surface area contributed by atoms with E-state index in [1.54, 1.807) is 19.2 Å². The highest BCUT2D eigenvalue weighted by molar-refractivity contribution is 5.98. The van der Waals surface area contributed by atoms with E-state index in [2.05, 4.69) is 20.4 Å². The number of carbonyl (C=O) groups excluding carboxylic acids is 2. The van der Waals surface area contributed by atoms with Crippen LogP contribution in [-0.2, 0) is 0 Å². The molecule has 4 atom stereocenters. The Hall–Kier alpha value is -4.01. The summed E-state index contributed by atoms with van der Waals surface area (Å²) in [5, 5.41) is 11.6. The first-order valence-corrected chi connectivity index (χ1v) is 11.9. The average molecular weight is 469 g/mol. The third kappa shape index (κ3) is 3.03. The molecule has 1 aliphatic carbocycles. The molecular weight excluding hydrogens is 444 g/mol. The number of benzene rings is 2. The Kier molecular flexibility index (Phi) is 4.36. The van der Waals surface area contributed by atoms with E-state index in [-0.39, 0.29) is 11.8 Å². The molecule has 4 aromatic rings. The molecule has 2 aromatic heterocycles. The summed E-state index contributed by atoms with van der Waals surface area (Å²) >= 11 is 0. The number of pyridine rings is 1. The molecule has 35 heavy (non-hydrogen) atoms. The van der Waals surface area contributed by atoms with E-state index in [0.29, 0.717) is 59.3 Å². The number of fused-ring (bicyclic) bond motifs is 6. The molecule has 2 aromatic carbocycles. The van der Waals surface area contributed by atoms with Crippen LogP contribution >= 0.6 is 0 Å². The Bertz CT molecular complexity index is 1480. The van der Waals surface area contributed by atoms with Crippen LogP contribution in [-0.4, -0.2) is 75.3 Å². The van der Waals surface area contributed by atoms with Crippen molar-refractivity contribution in [2.75, 3.05) is 33.3 Å². The highest BCUT2D eigenvalue weighted by Crippen LogP contribution is 2.54. The molecule has 9 heteroatoms. The van der Waals surface area contributed by atoms with Crippen molar-refractivity contribution < 1.29 is 14.3 Å². The topological polar surface area (TPSA) is 104 Å². The number of H-pyrrole nitrogens is 1. The zero-order valence-corrected chi connectivity index (χ0v) is 19.2. The van der Waals surface area contributed by atoms with E-state index >= 15 is 0 Å². The normalized spacial score (nSPS) is 24.9. The number of hydrogen-bond acceptors (Lipinski definition) is 6. The predicted molar refractivity (Wildman–Crippen MR) is 128 cm³/mol. The molecule has 176 valence electrons. The van der Waals surface area contributed by atoms with E-state index < -0.39 is 0 Å². The van der Waals surface area contributed by atoms with Gasteiger partial charge in [0.2, 0.25) is 0 Å². The number of nitrogens with one attached hydrogen (secondary N) is 1. The molecule has 3 aliphatic rings. The summed E-state index contributed by atoms with van der Waals surface area (Å²) in [5.41, 5.74) is 3.27. The molecule has 1 saturated carbocycles. The van der Waals surface area contributed by atoms with E-state index in [1.807, 2.05) is 46.2 Å². The number of para-hydroxylation sites is 1. The fourth-order valence-corrected chi connectivity index (χ4v) is 6.45. The van der Waals surface area contributed by atoms with Crippen molar-refractivity contribution in [3.8, 4) is 5.75 Å². The SMILES string of the molecule is COc1cc(C(=O)N2C[C@@H]3[C@H]4CN(C(=O)c5ccc6n[nH]nc6c5)C[C@H]4[C@@H]3C2)nc2ccccc12. The number of amides is 2. The van der Waals surface area contributed by atoms with Crippen molar-refractivity contribution >= 4 is 33.8 Å². The van der Waals surface area contributed by atoms with Crippen LogP contribution in [0, 0.1) is 23.7 Å². The Balaban J connectivity index is 1.06. The van der Waals surface area contributed by atoms with Crippen LogP contribution in [0.15, 0.2) is 48.5 Å². The van der Waals surface area contributed by atoms with Gasteiger partial charge in [0.15, 0.2) is 0 Å². The molecule has 2 saturated heterocycles. The molecular formula is C26H24N6O3. The molecule has 0 spiro atoms. The second kappa shape index (κ2) is 7.49. The fourth-order valence-electron chi connectivity index (χ4n) is 6.45. The van der Waals surface area contributed by atoms with E-state index in [4.69, 9.17) is 4.74 Å². The first-order chi connectivity index (χ1) is 17.1. The van der Waals surface area contributed by atoms with Gasteiger partial charge >= 0.3 is 0 Å². The van der Waals surface area contributed by atoms with Crippen LogP contribution in [0.3, 0.4) is 0 Å². The molecule has 0 unspecified atom stereocenters. The zero-order valence-electron chi connectivity index (χ0n) is 19.2. The van der Waals surface area contributed by atoms with Crippen LogP contribution < -0.4 is 4.74 Å². The van der Waals surface area contributed by atoms with Crippen LogP contribution in [0.2, 0.25) is 0 Å². The summed E-state index contributed by atoms with van der Waals surface area (Å²) < 4.78 is 5.53. The lowest BCUT2D eigenvalue weighted by molar-refractivity contribution is 0.0629. The minimum atomic E-state index is -0.0460. The van der Waals surface area contributed by atoms with Gasteiger partial charge in [-0.1, -0.05) is 12.1 Å². The number of nitrogens with zero attached hydrogens (tertiary/aromatic N) is 5. The summed E-state index contributed by atoms with van der Waals surface area (Å²) in [5.74, 6) is 2.41. The third-order valence-corrected chi connectivity index (χ3v) is 8.18. The smallest absolute Gasteiger partial charge is 0.272 e. The van der Waals surface area contributed by atoms with Gasteiger partial charge in [-0.15, -0.1) is 0 Å². The number of ether oxygens (including phenoxy) is 1. The fraction of sp³-hybridized carbons (Fsp3) is 0.346. The first kappa shape index (κ1) is 20.4. The second-order valence-electron chi connectivity index (χ2n) is 9.83. The largest absolute Gasteiger partial charge is 0.496 e. The van der Waals surface area contributed by atoms with Crippen LogP contribution in [0.1, 0.15) is 20.8 Å². The van der Waals surface area contributed by atoms with Crippen LogP contribution in [0.5, 0.6) is 5.75 Å². The predicted octanol–water partition coefficient (Wildman–Crippen LogP) is 2.60. The van der Waals surface area contributed by atoms with Gasteiger partial charge in [-0.2, -0.15) is 15.4 Å². The Labute approximate surface area is 201 Å². The zero-order chi connectivity index (χ0) is 23.7. The molecule has 9 nitrogen and oxygen atoms in total. The third-order valence-electron chi connectivity index (χ3n) is 8.18. The molecule has 2 amide bonds. The summed E-state index contributed by atoms with van der Waals surface area (Å²) in [6.07, 6.45) is 0.